The zero-order chi connectivity index (χ0) is 9.73. The van der Waals surface area contributed by atoms with E-state index in [0.717, 1.165) is 6.29 Å². The Bertz CT molecular complexity index is 195. The lowest BCUT2D eigenvalue weighted by atomic mass is 9.93. The molecular weight excluding hydrogens is 176 g/mol. The zero-order valence-electron chi connectivity index (χ0n) is 7.45. The normalized spacial score (nSPS) is 27.2. The van der Waals surface area contributed by atoms with E-state index >= 15 is 0 Å². The van der Waals surface area contributed by atoms with Crippen molar-refractivity contribution in [3.05, 3.63) is 0 Å². The number of carbonyl (C=O) groups excluding carboxylic acids is 2. The first-order valence-electron chi connectivity index (χ1n) is 4.03. The summed E-state index contributed by atoms with van der Waals surface area (Å²) >= 11 is 0. The molecule has 0 aliphatic carbocycles. The molecule has 13 heavy (non-hydrogen) atoms. The monoisotopic (exact) mass is 188 g/mol. The molecule has 0 saturated carbocycles. The summed E-state index contributed by atoms with van der Waals surface area (Å²) in [6, 6.07) is 0. The van der Waals surface area contributed by atoms with Crippen LogP contribution in [0.25, 0.3) is 0 Å². The largest absolute Gasteiger partial charge is 0.469 e. The van der Waals surface area contributed by atoms with Crippen molar-refractivity contribution >= 4 is 12.3 Å². The predicted octanol–water partition coefficient (Wildman–Crippen LogP) is 0.229. The van der Waals surface area contributed by atoms with Crippen LogP contribution in [0.4, 0.5) is 0 Å². The van der Waals surface area contributed by atoms with Crippen LogP contribution in [0.3, 0.4) is 0 Å². The van der Waals surface area contributed by atoms with Gasteiger partial charge < -0.3 is 9.53 Å². The second-order valence-corrected chi connectivity index (χ2v) is 2.96. The van der Waals surface area contributed by atoms with Crippen LogP contribution in [0, 0.1) is 0 Å². The van der Waals surface area contributed by atoms with Crippen LogP contribution < -0.4 is 0 Å². The third kappa shape index (κ3) is 2.50. The molecule has 0 radical (unpaired) electrons. The average molecular weight is 188 g/mol. The van der Waals surface area contributed by atoms with Crippen molar-refractivity contribution in [2.75, 3.05) is 13.7 Å². The fraction of sp³-hybridized carbons (Fsp3) is 0.750. The number of hydrogen-bond donors (Lipinski definition) is 0. The lowest BCUT2D eigenvalue weighted by Crippen LogP contribution is -2.32. The average Bonchev–Trinajstić information content (AvgIpc) is 2.54. The molecule has 74 valence electrons. The van der Waals surface area contributed by atoms with Gasteiger partial charge in [-0.1, -0.05) is 0 Å². The second-order valence-electron chi connectivity index (χ2n) is 2.96. The van der Waals surface area contributed by atoms with Crippen LogP contribution in [0.2, 0.25) is 0 Å². The molecule has 1 saturated heterocycles. The highest BCUT2D eigenvalue weighted by molar-refractivity contribution is 5.71. The van der Waals surface area contributed by atoms with Gasteiger partial charge in [-0.2, -0.15) is 0 Å². The lowest BCUT2D eigenvalue weighted by Gasteiger charge is -2.21. The van der Waals surface area contributed by atoms with Gasteiger partial charge in [0, 0.05) is 12.8 Å². The van der Waals surface area contributed by atoms with Gasteiger partial charge >= 0.3 is 5.97 Å². The van der Waals surface area contributed by atoms with E-state index in [0.29, 0.717) is 13.0 Å². The van der Waals surface area contributed by atoms with E-state index in [1.807, 2.05) is 0 Å². The maximum absolute atomic E-state index is 11.0. The molecule has 0 aromatic rings. The van der Waals surface area contributed by atoms with Gasteiger partial charge in [-0.3, -0.25) is 4.79 Å². The Kier molecular flexibility index (Phi) is 3.39. The predicted molar refractivity (Wildman–Crippen MR) is 41.7 cm³/mol. The molecule has 0 aromatic carbocycles. The first kappa shape index (κ1) is 10.1. The molecule has 1 aliphatic heterocycles. The standard InChI is InChI=1S/C8H12O5/c1-11-7(10)6-8(2-4-9)3-5-12-13-8/h4H,2-3,5-6H2,1H3. The van der Waals surface area contributed by atoms with Crippen LogP contribution in [0.15, 0.2) is 0 Å². The van der Waals surface area contributed by atoms with Gasteiger partial charge in [-0.05, 0) is 0 Å². The number of hydrogen-bond acceptors (Lipinski definition) is 5. The molecule has 0 amide bonds. The highest BCUT2D eigenvalue weighted by atomic mass is 17.2. The fourth-order valence-corrected chi connectivity index (χ4v) is 1.25. The molecule has 5 nitrogen and oxygen atoms in total. The smallest absolute Gasteiger partial charge is 0.308 e. The minimum atomic E-state index is -0.797. The summed E-state index contributed by atoms with van der Waals surface area (Å²) in [7, 11) is 1.30. The van der Waals surface area contributed by atoms with Crippen molar-refractivity contribution in [3.63, 3.8) is 0 Å². The third-order valence-corrected chi connectivity index (χ3v) is 2.03. The molecule has 5 heteroatoms. The van der Waals surface area contributed by atoms with E-state index in [9.17, 15) is 9.59 Å². The first-order chi connectivity index (χ1) is 6.22. The SMILES string of the molecule is COC(=O)CC1(CC=O)CCOO1. The zero-order valence-corrected chi connectivity index (χ0v) is 7.45. The number of ether oxygens (including phenoxy) is 1. The van der Waals surface area contributed by atoms with Gasteiger partial charge in [0.25, 0.3) is 0 Å². The van der Waals surface area contributed by atoms with Crippen LogP contribution in [0.1, 0.15) is 19.3 Å². The Morgan fingerprint density at radius 1 is 1.69 bits per heavy atom. The lowest BCUT2D eigenvalue weighted by molar-refractivity contribution is -0.308. The minimum absolute atomic E-state index is 0.0578. The molecule has 1 aliphatic rings. The van der Waals surface area contributed by atoms with Crippen molar-refractivity contribution < 1.29 is 24.1 Å². The third-order valence-electron chi connectivity index (χ3n) is 2.03. The Hall–Kier alpha value is -0.940. The summed E-state index contributed by atoms with van der Waals surface area (Å²) < 4.78 is 4.49. The summed E-state index contributed by atoms with van der Waals surface area (Å²) in [6.45, 7) is 0.408. The van der Waals surface area contributed by atoms with Crippen molar-refractivity contribution in [3.8, 4) is 0 Å². The van der Waals surface area contributed by atoms with E-state index in [1.165, 1.54) is 7.11 Å². The highest BCUT2D eigenvalue weighted by Crippen LogP contribution is 2.30. The summed E-state index contributed by atoms with van der Waals surface area (Å²) in [5, 5.41) is 0. The van der Waals surface area contributed by atoms with Gasteiger partial charge in [0.15, 0.2) is 0 Å². The van der Waals surface area contributed by atoms with E-state index < -0.39 is 11.6 Å². The molecule has 1 atom stereocenters. The first-order valence-corrected chi connectivity index (χ1v) is 4.03. The Balaban J connectivity index is 2.55. The van der Waals surface area contributed by atoms with Gasteiger partial charge in [0.05, 0.1) is 20.1 Å². The maximum atomic E-state index is 11.0. The number of aldehydes is 1. The van der Waals surface area contributed by atoms with E-state index in [-0.39, 0.29) is 12.8 Å². The van der Waals surface area contributed by atoms with Gasteiger partial charge in [0.2, 0.25) is 0 Å². The van der Waals surface area contributed by atoms with Gasteiger partial charge in [-0.25, -0.2) is 9.78 Å². The molecule has 0 spiro atoms. The van der Waals surface area contributed by atoms with Crippen molar-refractivity contribution in [1.29, 1.82) is 0 Å². The van der Waals surface area contributed by atoms with Crippen molar-refractivity contribution in [2.45, 2.75) is 24.9 Å². The van der Waals surface area contributed by atoms with E-state index in [1.54, 1.807) is 0 Å². The topological polar surface area (TPSA) is 61.8 Å². The van der Waals surface area contributed by atoms with Crippen LogP contribution in [0.5, 0.6) is 0 Å². The van der Waals surface area contributed by atoms with Crippen molar-refractivity contribution in [2.24, 2.45) is 0 Å². The molecule has 1 heterocycles. The van der Waals surface area contributed by atoms with Crippen LogP contribution in [-0.2, 0) is 24.1 Å². The van der Waals surface area contributed by atoms with Crippen LogP contribution in [-0.4, -0.2) is 31.6 Å². The number of esters is 1. The Labute approximate surface area is 75.9 Å². The van der Waals surface area contributed by atoms with Gasteiger partial charge in [-0.15, -0.1) is 0 Å². The number of carbonyl (C=O) groups is 2. The van der Waals surface area contributed by atoms with Crippen LogP contribution >= 0.6 is 0 Å². The maximum Gasteiger partial charge on any atom is 0.308 e. The summed E-state index contributed by atoms with van der Waals surface area (Å²) in [4.78, 5) is 30.9. The van der Waals surface area contributed by atoms with E-state index in [4.69, 9.17) is 9.78 Å². The molecule has 0 aromatic heterocycles. The quantitative estimate of drug-likeness (QED) is 0.359. The molecule has 0 N–H and O–H groups in total. The van der Waals surface area contributed by atoms with Gasteiger partial charge in [0.1, 0.15) is 11.9 Å². The van der Waals surface area contributed by atoms with Crippen molar-refractivity contribution in [1.82, 2.24) is 0 Å². The molecular formula is C8H12O5. The fourth-order valence-electron chi connectivity index (χ4n) is 1.25. The Morgan fingerprint density at radius 3 is 2.92 bits per heavy atom. The molecule has 1 rings (SSSR count). The molecule has 0 bridgehead atoms. The number of rotatable bonds is 4. The minimum Gasteiger partial charge on any atom is -0.469 e. The molecule has 1 unspecified atom stereocenters. The summed E-state index contributed by atoms with van der Waals surface area (Å²) in [5.41, 5.74) is -0.797. The summed E-state index contributed by atoms with van der Waals surface area (Å²) in [5.74, 6) is -0.396. The Morgan fingerprint density at radius 2 is 2.46 bits per heavy atom. The molecule has 1 fully saturated rings. The number of methoxy groups -OCH3 is 1. The second kappa shape index (κ2) is 4.34. The van der Waals surface area contributed by atoms with E-state index in [2.05, 4.69) is 4.74 Å². The highest BCUT2D eigenvalue weighted by Gasteiger charge is 2.39. The summed E-state index contributed by atoms with van der Waals surface area (Å²) in [6.07, 6.45) is 1.48.